The third-order valence-corrected chi connectivity index (χ3v) is 7.00. The van der Waals surface area contributed by atoms with Gasteiger partial charge in [0.15, 0.2) is 11.6 Å². The van der Waals surface area contributed by atoms with Gasteiger partial charge in [-0.2, -0.15) is 13.2 Å². The molecule has 3 atom stereocenters. The molecule has 11 nitrogen and oxygen atoms in total. The van der Waals surface area contributed by atoms with Crippen LogP contribution in [0.25, 0.3) is 0 Å². The number of halogens is 3. The van der Waals surface area contributed by atoms with Gasteiger partial charge in [-0.25, -0.2) is 14.8 Å². The highest BCUT2D eigenvalue weighted by atomic mass is 19.4. The molecule has 5 heterocycles. The Bertz CT molecular complexity index is 1290. The number of aryl methyl sites for hydroxylation is 1. The van der Waals surface area contributed by atoms with Gasteiger partial charge in [0, 0.05) is 13.1 Å². The average molecular weight is 565 g/mol. The molecule has 3 aliphatic heterocycles. The number of alkyl halides is 3. The first-order chi connectivity index (χ1) is 18.8. The van der Waals surface area contributed by atoms with Gasteiger partial charge in [0.2, 0.25) is 0 Å². The molecule has 216 valence electrons. The number of carbonyl (C=O) groups excluding carboxylic acids is 2. The summed E-state index contributed by atoms with van der Waals surface area (Å²) in [5.41, 5.74) is 1.10. The van der Waals surface area contributed by atoms with Crippen LogP contribution >= 0.6 is 0 Å². The van der Waals surface area contributed by atoms with Crippen molar-refractivity contribution in [1.29, 1.82) is 0 Å². The summed E-state index contributed by atoms with van der Waals surface area (Å²) in [5.74, 6) is -0.645. The fraction of sp³-hybridized carbons (Fsp3) is 0.538. The summed E-state index contributed by atoms with van der Waals surface area (Å²) in [5, 5.41) is 4.69. The summed E-state index contributed by atoms with van der Waals surface area (Å²) in [7, 11) is 0. The van der Waals surface area contributed by atoms with Gasteiger partial charge in [0.05, 0.1) is 24.5 Å². The maximum atomic E-state index is 13.5. The third-order valence-electron chi connectivity index (χ3n) is 7.00. The van der Waals surface area contributed by atoms with Crippen LogP contribution in [-0.4, -0.2) is 78.4 Å². The Morgan fingerprint density at radius 2 is 2.08 bits per heavy atom. The van der Waals surface area contributed by atoms with E-state index in [1.807, 2.05) is 19.2 Å². The van der Waals surface area contributed by atoms with Gasteiger partial charge in [-0.1, -0.05) is 0 Å². The molecule has 2 aromatic heterocycles. The number of nitrogens with zero attached hydrogens (tertiary/aromatic N) is 4. The topological polar surface area (TPSA) is 118 Å². The number of amides is 3. The van der Waals surface area contributed by atoms with Crippen LogP contribution in [0.5, 0.6) is 5.75 Å². The number of carbonyl (C=O) groups is 2. The normalized spacial score (nSPS) is 22.1. The first-order valence-corrected chi connectivity index (χ1v) is 13.0. The Morgan fingerprint density at radius 1 is 1.30 bits per heavy atom. The second-order valence-electron chi connectivity index (χ2n) is 10.6. The lowest BCUT2D eigenvalue weighted by atomic mass is 10.1. The van der Waals surface area contributed by atoms with Gasteiger partial charge in [0.25, 0.3) is 5.91 Å². The van der Waals surface area contributed by atoms with Gasteiger partial charge in [-0.15, -0.1) is 0 Å². The summed E-state index contributed by atoms with van der Waals surface area (Å²) >= 11 is 0. The maximum absolute atomic E-state index is 13.5. The minimum absolute atomic E-state index is 0.202. The predicted molar refractivity (Wildman–Crippen MR) is 139 cm³/mol. The van der Waals surface area contributed by atoms with Crippen LogP contribution in [0.4, 0.5) is 35.3 Å². The average Bonchev–Trinajstić information content (AvgIpc) is 3.45. The van der Waals surface area contributed by atoms with Crippen molar-refractivity contribution in [2.45, 2.75) is 64.3 Å². The number of fused-ring (bicyclic) bond motifs is 4. The van der Waals surface area contributed by atoms with Crippen molar-refractivity contribution in [1.82, 2.24) is 15.3 Å². The van der Waals surface area contributed by atoms with Crippen LogP contribution in [0, 0.1) is 6.92 Å². The number of nitrogens with one attached hydrogen (secondary N) is 2. The quantitative estimate of drug-likeness (QED) is 0.546. The molecule has 0 saturated carbocycles. The van der Waals surface area contributed by atoms with Crippen LogP contribution in [-0.2, 0) is 9.47 Å². The van der Waals surface area contributed by atoms with Crippen LogP contribution in [0.2, 0.25) is 0 Å². The molecule has 0 aliphatic carbocycles. The van der Waals surface area contributed by atoms with E-state index < -0.39 is 29.9 Å². The lowest BCUT2D eigenvalue weighted by molar-refractivity contribution is -0.149. The van der Waals surface area contributed by atoms with E-state index >= 15 is 0 Å². The first-order valence-electron chi connectivity index (χ1n) is 13.0. The van der Waals surface area contributed by atoms with E-state index in [9.17, 15) is 22.8 Å². The summed E-state index contributed by atoms with van der Waals surface area (Å²) in [6, 6.07) is 1.90. The minimum atomic E-state index is -4.60. The molecule has 2 aromatic rings. The zero-order valence-electron chi connectivity index (χ0n) is 22.5. The van der Waals surface area contributed by atoms with Gasteiger partial charge in [0.1, 0.15) is 36.0 Å². The molecule has 40 heavy (non-hydrogen) atoms. The van der Waals surface area contributed by atoms with Crippen LogP contribution < -0.4 is 25.2 Å². The van der Waals surface area contributed by atoms with E-state index in [4.69, 9.17) is 14.2 Å². The van der Waals surface area contributed by atoms with Gasteiger partial charge < -0.3 is 24.4 Å². The summed E-state index contributed by atoms with van der Waals surface area (Å²) in [6.45, 7) is 8.21. The Morgan fingerprint density at radius 3 is 2.73 bits per heavy atom. The highest BCUT2D eigenvalue weighted by Crippen LogP contribution is 2.41. The number of pyridine rings is 2. The number of anilines is 3. The first kappa shape index (κ1) is 27.9. The molecular formula is C26H31F3N6O5. The Balaban J connectivity index is 1.30. The smallest absolute Gasteiger partial charge is 0.408 e. The van der Waals surface area contributed by atoms with Crippen molar-refractivity contribution in [2.24, 2.45) is 0 Å². The largest absolute Gasteiger partial charge is 0.489 e. The molecule has 14 heteroatoms. The van der Waals surface area contributed by atoms with Crippen molar-refractivity contribution in [3.8, 4) is 5.75 Å². The molecular weight excluding hydrogens is 533 g/mol. The molecule has 2 N–H and O–H groups in total. The van der Waals surface area contributed by atoms with E-state index in [-0.39, 0.29) is 36.1 Å². The molecule has 3 aliphatic rings. The van der Waals surface area contributed by atoms with E-state index in [2.05, 4.69) is 20.2 Å². The SMILES string of the molecule is Cc1cc(C(=O)NC(C)C(F)(F)F)nc2c1N1CC[C@@H](C1)N2C(=O)Nc1ccc(OC[C@@H]2COC(C)(C)O2)cn1. The van der Waals surface area contributed by atoms with E-state index in [1.54, 1.807) is 19.1 Å². The fourth-order valence-electron chi connectivity index (χ4n) is 5.01. The molecule has 0 aromatic carbocycles. The van der Waals surface area contributed by atoms with Crippen molar-refractivity contribution in [2.75, 3.05) is 41.4 Å². The lowest BCUT2D eigenvalue weighted by Gasteiger charge is -2.36. The molecule has 3 amide bonds. The Hall–Kier alpha value is -3.65. The molecule has 1 unspecified atom stereocenters. The maximum Gasteiger partial charge on any atom is 0.408 e. The van der Waals surface area contributed by atoms with Crippen molar-refractivity contribution < 1.29 is 37.0 Å². The second kappa shape index (κ2) is 10.4. The van der Waals surface area contributed by atoms with E-state index in [0.717, 1.165) is 6.92 Å². The third kappa shape index (κ3) is 5.77. The van der Waals surface area contributed by atoms with Crippen LogP contribution in [0.3, 0.4) is 0 Å². The number of urea groups is 1. The molecule has 2 saturated heterocycles. The van der Waals surface area contributed by atoms with E-state index in [1.165, 1.54) is 17.2 Å². The number of hydrogen-bond acceptors (Lipinski definition) is 8. The summed E-state index contributed by atoms with van der Waals surface area (Å²) in [4.78, 5) is 38.3. The highest BCUT2D eigenvalue weighted by Gasteiger charge is 2.42. The lowest BCUT2D eigenvalue weighted by Crippen LogP contribution is -2.49. The zero-order valence-corrected chi connectivity index (χ0v) is 22.5. The Kier molecular flexibility index (Phi) is 7.25. The van der Waals surface area contributed by atoms with Gasteiger partial charge >= 0.3 is 12.2 Å². The van der Waals surface area contributed by atoms with Crippen molar-refractivity contribution in [3.63, 3.8) is 0 Å². The number of aromatic nitrogens is 2. The van der Waals surface area contributed by atoms with Crippen molar-refractivity contribution in [3.05, 3.63) is 35.7 Å². The van der Waals surface area contributed by atoms with Crippen molar-refractivity contribution >= 4 is 29.3 Å². The standard InChI is InChI=1S/C26H31F3N6O5/c1-14-9-19(23(36)31-15(2)26(27,28)29)32-22-21(14)34-8-7-16(11-34)35(22)24(37)33-20-6-5-17(10-30-20)38-12-18-13-39-25(3,4)40-18/h5-6,9-10,15-16,18H,7-8,11-13H2,1-4H3,(H,31,36)(H,30,33,37)/t15?,16-,18+/m0/s1. The zero-order chi connectivity index (χ0) is 28.8. The molecule has 2 fully saturated rings. The highest BCUT2D eigenvalue weighted by molar-refractivity contribution is 6.05. The number of rotatable bonds is 6. The molecule has 5 rings (SSSR count). The summed E-state index contributed by atoms with van der Waals surface area (Å²) in [6.07, 6.45) is -2.66. The van der Waals surface area contributed by atoms with E-state index in [0.29, 0.717) is 43.1 Å². The monoisotopic (exact) mass is 564 g/mol. The number of hydrogen-bond donors (Lipinski definition) is 2. The van der Waals surface area contributed by atoms with Crippen LogP contribution in [0.1, 0.15) is 43.2 Å². The second-order valence-corrected chi connectivity index (χ2v) is 10.6. The fourth-order valence-corrected chi connectivity index (χ4v) is 5.01. The van der Waals surface area contributed by atoms with Crippen LogP contribution in [0.15, 0.2) is 24.4 Å². The predicted octanol–water partition coefficient (Wildman–Crippen LogP) is 3.63. The summed E-state index contributed by atoms with van der Waals surface area (Å²) < 4.78 is 56.0. The Labute approximate surface area is 229 Å². The minimum Gasteiger partial charge on any atom is -0.489 e. The van der Waals surface area contributed by atoms with Gasteiger partial charge in [-0.05, 0) is 57.9 Å². The molecule has 2 bridgehead atoms. The number of ether oxygens (including phenoxy) is 3. The molecule has 0 spiro atoms. The molecule has 0 radical (unpaired) electrons. The van der Waals surface area contributed by atoms with Gasteiger partial charge in [-0.3, -0.25) is 15.0 Å².